The average molecular weight is 281 g/mol. The third-order valence-corrected chi connectivity index (χ3v) is 3.45. The Morgan fingerprint density at radius 3 is 2.40 bits per heavy atom. The van der Waals surface area contributed by atoms with E-state index in [-0.39, 0.29) is 22.9 Å². The van der Waals surface area contributed by atoms with Crippen LogP contribution in [0.1, 0.15) is 44.5 Å². The van der Waals surface area contributed by atoms with Crippen molar-refractivity contribution in [3.63, 3.8) is 0 Å². The smallest absolute Gasteiger partial charge is 0.338 e. The summed E-state index contributed by atoms with van der Waals surface area (Å²) in [5, 5.41) is 11.3. The second-order valence-corrected chi connectivity index (χ2v) is 6.02. The van der Waals surface area contributed by atoms with Crippen molar-refractivity contribution in [3.8, 4) is 0 Å². The van der Waals surface area contributed by atoms with Crippen molar-refractivity contribution in [1.29, 1.82) is 0 Å². The van der Waals surface area contributed by atoms with Crippen LogP contribution in [-0.4, -0.2) is 17.0 Å². The van der Waals surface area contributed by atoms with Crippen LogP contribution in [0.3, 0.4) is 0 Å². The monoisotopic (exact) mass is 281 g/mol. The fourth-order valence-corrected chi connectivity index (χ4v) is 1.56. The SMILES string of the molecule is CC(CC(=O)Nc1ccc(C(=O)O)c(F)c1)C(C)(C)C. The van der Waals surface area contributed by atoms with Crippen LogP contribution in [0.2, 0.25) is 0 Å². The predicted molar refractivity (Wildman–Crippen MR) is 75.2 cm³/mol. The van der Waals surface area contributed by atoms with Crippen molar-refractivity contribution >= 4 is 17.6 Å². The first-order valence-electron chi connectivity index (χ1n) is 6.44. The summed E-state index contributed by atoms with van der Waals surface area (Å²) in [5.41, 5.74) is -0.139. The quantitative estimate of drug-likeness (QED) is 0.887. The number of benzene rings is 1. The Bertz CT molecular complexity index is 520. The standard InChI is InChI=1S/C15H20FNO3/c1-9(15(2,3)4)7-13(18)17-10-5-6-11(14(19)20)12(16)8-10/h5-6,8-9H,7H2,1-4H3,(H,17,18)(H,19,20). The van der Waals surface area contributed by atoms with Gasteiger partial charge in [-0.05, 0) is 29.5 Å². The van der Waals surface area contributed by atoms with Gasteiger partial charge in [0.05, 0.1) is 5.56 Å². The molecule has 1 rings (SSSR count). The number of hydrogen-bond donors (Lipinski definition) is 2. The number of carboxylic acids is 1. The molecule has 0 saturated heterocycles. The van der Waals surface area contributed by atoms with E-state index in [0.29, 0.717) is 6.42 Å². The summed E-state index contributed by atoms with van der Waals surface area (Å²) in [6.45, 7) is 8.12. The van der Waals surface area contributed by atoms with Crippen molar-refractivity contribution in [2.75, 3.05) is 5.32 Å². The maximum atomic E-state index is 13.5. The maximum absolute atomic E-state index is 13.5. The van der Waals surface area contributed by atoms with Crippen LogP contribution in [0, 0.1) is 17.2 Å². The van der Waals surface area contributed by atoms with E-state index in [9.17, 15) is 14.0 Å². The molecule has 0 saturated carbocycles. The first kappa shape index (κ1) is 16.1. The van der Waals surface area contributed by atoms with Crippen LogP contribution in [0.5, 0.6) is 0 Å². The van der Waals surface area contributed by atoms with Crippen LogP contribution in [-0.2, 0) is 4.79 Å². The third-order valence-electron chi connectivity index (χ3n) is 3.45. The lowest BCUT2D eigenvalue weighted by Crippen LogP contribution is -2.24. The third kappa shape index (κ3) is 4.33. The molecule has 0 heterocycles. The zero-order chi connectivity index (χ0) is 15.5. The lowest BCUT2D eigenvalue weighted by atomic mass is 9.80. The summed E-state index contributed by atoms with van der Waals surface area (Å²) < 4.78 is 13.5. The number of carbonyl (C=O) groups excluding carboxylic acids is 1. The molecular weight excluding hydrogens is 261 g/mol. The van der Waals surface area contributed by atoms with Gasteiger partial charge in [-0.15, -0.1) is 0 Å². The fourth-order valence-electron chi connectivity index (χ4n) is 1.56. The fraction of sp³-hybridized carbons (Fsp3) is 0.467. The highest BCUT2D eigenvalue weighted by molar-refractivity contribution is 5.92. The zero-order valence-electron chi connectivity index (χ0n) is 12.2. The van der Waals surface area contributed by atoms with Gasteiger partial charge < -0.3 is 10.4 Å². The minimum absolute atomic E-state index is 0.00968. The number of nitrogens with one attached hydrogen (secondary N) is 1. The van der Waals surface area contributed by atoms with Crippen molar-refractivity contribution in [2.24, 2.45) is 11.3 Å². The molecule has 0 aromatic heterocycles. The van der Waals surface area contributed by atoms with Gasteiger partial charge >= 0.3 is 5.97 Å². The van der Waals surface area contributed by atoms with Crippen molar-refractivity contribution in [2.45, 2.75) is 34.1 Å². The Hall–Kier alpha value is -1.91. The number of carbonyl (C=O) groups is 2. The van der Waals surface area contributed by atoms with Gasteiger partial charge in [-0.2, -0.15) is 0 Å². The van der Waals surface area contributed by atoms with Crippen LogP contribution in [0.15, 0.2) is 18.2 Å². The van der Waals surface area contributed by atoms with Gasteiger partial charge in [0.1, 0.15) is 5.82 Å². The summed E-state index contributed by atoms with van der Waals surface area (Å²) in [7, 11) is 0. The van der Waals surface area contributed by atoms with Gasteiger partial charge in [0.2, 0.25) is 5.91 Å². The largest absolute Gasteiger partial charge is 0.478 e. The number of carboxylic acid groups (broad SMARTS) is 1. The van der Waals surface area contributed by atoms with Gasteiger partial charge in [0, 0.05) is 12.1 Å². The second kappa shape index (κ2) is 6.03. The van der Waals surface area contributed by atoms with Gasteiger partial charge in [0.25, 0.3) is 0 Å². The molecule has 0 bridgehead atoms. The molecule has 1 amide bonds. The van der Waals surface area contributed by atoms with E-state index in [2.05, 4.69) is 5.32 Å². The van der Waals surface area contributed by atoms with Crippen LogP contribution in [0.25, 0.3) is 0 Å². The van der Waals surface area contributed by atoms with Crippen molar-refractivity contribution in [3.05, 3.63) is 29.6 Å². The molecule has 0 spiro atoms. The lowest BCUT2D eigenvalue weighted by molar-refractivity contribution is -0.117. The van der Waals surface area contributed by atoms with Crippen molar-refractivity contribution in [1.82, 2.24) is 0 Å². The first-order valence-corrected chi connectivity index (χ1v) is 6.44. The van der Waals surface area contributed by atoms with E-state index in [1.807, 2.05) is 27.7 Å². The molecule has 0 aliphatic rings. The van der Waals surface area contributed by atoms with E-state index in [1.54, 1.807) is 0 Å². The van der Waals surface area contributed by atoms with E-state index >= 15 is 0 Å². The van der Waals surface area contributed by atoms with Gasteiger partial charge in [-0.3, -0.25) is 4.79 Å². The maximum Gasteiger partial charge on any atom is 0.338 e. The Kier molecular flexibility index (Phi) is 4.87. The van der Waals surface area contributed by atoms with Crippen LogP contribution >= 0.6 is 0 Å². The number of halogens is 1. The summed E-state index contributed by atoms with van der Waals surface area (Å²) in [4.78, 5) is 22.5. The number of aromatic carboxylic acids is 1. The van der Waals surface area contributed by atoms with Crippen LogP contribution < -0.4 is 5.32 Å². The topological polar surface area (TPSA) is 66.4 Å². The molecule has 0 radical (unpaired) electrons. The molecule has 20 heavy (non-hydrogen) atoms. The zero-order valence-corrected chi connectivity index (χ0v) is 12.2. The van der Waals surface area contributed by atoms with E-state index < -0.39 is 17.3 Å². The average Bonchev–Trinajstić information content (AvgIpc) is 2.26. The number of anilines is 1. The van der Waals surface area contributed by atoms with Gasteiger partial charge in [-0.25, -0.2) is 9.18 Å². The molecule has 0 aliphatic carbocycles. The molecule has 1 atom stereocenters. The summed E-state index contributed by atoms with van der Waals surface area (Å²) in [5.74, 6) is -2.23. The molecular formula is C15H20FNO3. The molecule has 4 nitrogen and oxygen atoms in total. The molecule has 0 aliphatic heterocycles. The summed E-state index contributed by atoms with van der Waals surface area (Å²) in [6.07, 6.45) is 0.325. The first-order chi connectivity index (χ1) is 9.11. The Morgan fingerprint density at radius 1 is 1.35 bits per heavy atom. The van der Waals surface area contributed by atoms with E-state index in [4.69, 9.17) is 5.11 Å². The number of hydrogen-bond acceptors (Lipinski definition) is 2. The second-order valence-electron chi connectivity index (χ2n) is 6.02. The lowest BCUT2D eigenvalue weighted by Gasteiger charge is -2.26. The van der Waals surface area contributed by atoms with E-state index in [0.717, 1.165) is 12.1 Å². The summed E-state index contributed by atoms with van der Waals surface area (Å²) >= 11 is 0. The number of rotatable bonds is 4. The summed E-state index contributed by atoms with van der Waals surface area (Å²) in [6, 6.07) is 3.54. The van der Waals surface area contributed by atoms with Gasteiger partial charge in [-0.1, -0.05) is 27.7 Å². The highest BCUT2D eigenvalue weighted by Gasteiger charge is 2.22. The predicted octanol–water partition coefficient (Wildman–Crippen LogP) is 3.53. The number of amides is 1. The molecule has 5 heteroatoms. The molecule has 1 unspecified atom stereocenters. The minimum Gasteiger partial charge on any atom is -0.478 e. The van der Waals surface area contributed by atoms with Gasteiger partial charge in [0.15, 0.2) is 0 Å². The highest BCUT2D eigenvalue weighted by atomic mass is 19.1. The van der Waals surface area contributed by atoms with E-state index in [1.165, 1.54) is 6.07 Å². The molecule has 110 valence electrons. The highest BCUT2D eigenvalue weighted by Crippen LogP contribution is 2.28. The molecule has 1 aromatic carbocycles. The Balaban J connectivity index is 2.72. The molecule has 1 aromatic rings. The Labute approximate surface area is 118 Å². The van der Waals surface area contributed by atoms with Crippen molar-refractivity contribution < 1.29 is 19.1 Å². The molecule has 2 N–H and O–H groups in total. The molecule has 0 fully saturated rings. The van der Waals surface area contributed by atoms with Crippen LogP contribution in [0.4, 0.5) is 10.1 Å². The Morgan fingerprint density at radius 2 is 1.95 bits per heavy atom. The minimum atomic E-state index is -1.33. The normalized spacial score (nSPS) is 12.8.